The second-order valence-corrected chi connectivity index (χ2v) is 12.3. The van der Waals surface area contributed by atoms with Crippen LogP contribution < -0.4 is 9.04 Å². The molecule has 0 radical (unpaired) electrons. The Hall–Kier alpha value is -4.37. The maximum Gasteiger partial charge on any atom is 0.326 e. The van der Waals surface area contributed by atoms with Crippen molar-refractivity contribution in [2.75, 3.05) is 25.1 Å². The van der Waals surface area contributed by atoms with Crippen LogP contribution in [-0.4, -0.2) is 41.1 Å². The van der Waals surface area contributed by atoms with E-state index in [-0.39, 0.29) is 16.7 Å². The van der Waals surface area contributed by atoms with Crippen molar-refractivity contribution in [1.29, 1.82) is 0 Å². The molecule has 214 valence electrons. The fourth-order valence-corrected chi connectivity index (χ4v) is 5.82. The zero-order chi connectivity index (χ0) is 29.8. The molecule has 0 amide bonds. The second-order valence-electron chi connectivity index (χ2n) is 10.5. The zero-order valence-electron chi connectivity index (χ0n) is 23.7. The summed E-state index contributed by atoms with van der Waals surface area (Å²) in [6, 6.07) is 24.2. The Morgan fingerprint density at radius 3 is 1.98 bits per heavy atom. The number of hydrogen-bond donors (Lipinski definition) is 0. The normalized spacial score (nSPS) is 11.6. The van der Waals surface area contributed by atoms with Crippen LogP contribution in [0.5, 0.6) is 11.5 Å². The minimum atomic E-state index is -4.17. The van der Waals surface area contributed by atoms with E-state index in [9.17, 15) is 18.0 Å². The summed E-state index contributed by atoms with van der Waals surface area (Å²) in [5.41, 5.74) is 1.76. The minimum Gasteiger partial charge on any atom is -0.469 e. The van der Waals surface area contributed by atoms with Crippen molar-refractivity contribution >= 4 is 38.4 Å². The molecule has 0 fully saturated rings. The lowest BCUT2D eigenvalue weighted by molar-refractivity contribution is -0.140. The highest BCUT2D eigenvalue weighted by atomic mass is 32.2. The van der Waals surface area contributed by atoms with Gasteiger partial charge in [-0.1, -0.05) is 75.4 Å². The number of para-hydroxylation sites is 1. The summed E-state index contributed by atoms with van der Waals surface area (Å²) in [6.07, 6.45) is 0.0296. The van der Waals surface area contributed by atoms with Gasteiger partial charge in [0.25, 0.3) is 10.0 Å². The van der Waals surface area contributed by atoms with E-state index >= 15 is 0 Å². The van der Waals surface area contributed by atoms with Crippen LogP contribution in [-0.2, 0) is 40.9 Å². The predicted octanol–water partition coefficient (Wildman–Crippen LogP) is 6.01. The SMILES string of the molecule is COC(=O)Cc1ccccc1Oc1ccc(N(CC(=O)OC)S(=O)(=O)c2ccc(C(C)(C)C)cc2)c2ccccc12. The average molecular weight is 576 g/mol. The molecule has 0 N–H and O–H groups in total. The first kappa shape index (κ1) is 29.6. The second kappa shape index (κ2) is 12.0. The molecular formula is C32H33NO7S. The highest BCUT2D eigenvalue weighted by Crippen LogP contribution is 2.39. The van der Waals surface area contributed by atoms with Crippen molar-refractivity contribution in [3.63, 3.8) is 0 Å². The smallest absolute Gasteiger partial charge is 0.326 e. The lowest BCUT2D eigenvalue weighted by Gasteiger charge is -2.26. The number of rotatable bonds is 9. The monoisotopic (exact) mass is 575 g/mol. The molecule has 41 heavy (non-hydrogen) atoms. The van der Waals surface area contributed by atoms with Crippen LogP contribution in [0, 0.1) is 0 Å². The van der Waals surface area contributed by atoms with Gasteiger partial charge in [-0.2, -0.15) is 0 Å². The van der Waals surface area contributed by atoms with Gasteiger partial charge in [0.15, 0.2) is 0 Å². The van der Waals surface area contributed by atoms with Gasteiger partial charge in [-0.3, -0.25) is 13.9 Å². The van der Waals surface area contributed by atoms with Crippen LogP contribution in [0.1, 0.15) is 31.9 Å². The standard InChI is InChI=1S/C32H33NO7S/c1-32(2,3)23-14-16-24(17-15-23)41(36,37)33(21-31(35)39-5)27-18-19-29(26-12-8-7-11-25(26)27)40-28-13-9-6-10-22(28)20-30(34)38-4/h6-19H,20-21H2,1-5H3. The first-order chi connectivity index (χ1) is 19.5. The van der Waals surface area contributed by atoms with Gasteiger partial charge in [0, 0.05) is 16.3 Å². The predicted molar refractivity (Wildman–Crippen MR) is 158 cm³/mol. The van der Waals surface area contributed by atoms with Gasteiger partial charge in [-0.25, -0.2) is 8.42 Å². The number of sulfonamides is 1. The number of methoxy groups -OCH3 is 2. The summed E-state index contributed by atoms with van der Waals surface area (Å²) in [5, 5.41) is 1.17. The largest absolute Gasteiger partial charge is 0.469 e. The average Bonchev–Trinajstić information content (AvgIpc) is 2.96. The molecule has 9 heteroatoms. The maximum absolute atomic E-state index is 14.0. The van der Waals surface area contributed by atoms with Gasteiger partial charge in [-0.15, -0.1) is 0 Å². The summed E-state index contributed by atoms with van der Waals surface area (Å²) in [4.78, 5) is 24.4. The van der Waals surface area contributed by atoms with E-state index in [1.165, 1.54) is 14.2 Å². The molecule has 4 aromatic rings. The summed E-state index contributed by atoms with van der Waals surface area (Å²) in [7, 11) is -1.63. The summed E-state index contributed by atoms with van der Waals surface area (Å²) in [6.45, 7) is 5.61. The molecule has 0 aliphatic carbocycles. The van der Waals surface area contributed by atoms with Crippen LogP contribution in [0.25, 0.3) is 10.8 Å². The van der Waals surface area contributed by atoms with E-state index in [0.717, 1.165) is 9.87 Å². The van der Waals surface area contributed by atoms with Crippen LogP contribution in [0.15, 0.2) is 89.8 Å². The molecule has 0 atom stereocenters. The Balaban J connectivity index is 1.81. The molecule has 0 aromatic heterocycles. The topological polar surface area (TPSA) is 99.2 Å². The number of benzene rings is 4. The molecular weight excluding hydrogens is 542 g/mol. The van der Waals surface area contributed by atoms with E-state index in [2.05, 4.69) is 0 Å². The number of ether oxygens (including phenoxy) is 3. The molecule has 4 aromatic carbocycles. The Kier molecular flexibility index (Phi) is 8.68. The molecule has 0 heterocycles. The molecule has 0 saturated carbocycles. The zero-order valence-corrected chi connectivity index (χ0v) is 24.5. The molecule has 8 nitrogen and oxygen atoms in total. The van der Waals surface area contributed by atoms with Crippen molar-refractivity contribution in [2.45, 2.75) is 37.5 Å². The number of fused-ring (bicyclic) bond motifs is 1. The third-order valence-corrected chi connectivity index (χ3v) is 8.47. The van der Waals surface area contributed by atoms with Crippen molar-refractivity contribution in [2.24, 2.45) is 0 Å². The molecule has 0 bridgehead atoms. The number of nitrogens with zero attached hydrogens (tertiary/aromatic N) is 1. The van der Waals surface area contributed by atoms with Gasteiger partial charge in [0.05, 0.1) is 31.2 Å². The summed E-state index contributed by atoms with van der Waals surface area (Å²) in [5.74, 6) is -0.193. The van der Waals surface area contributed by atoms with E-state index in [0.29, 0.717) is 33.5 Å². The van der Waals surface area contributed by atoms with Gasteiger partial charge >= 0.3 is 11.9 Å². The van der Waals surface area contributed by atoms with Crippen LogP contribution >= 0.6 is 0 Å². The quantitative estimate of drug-likeness (QED) is 0.225. The number of hydrogen-bond acceptors (Lipinski definition) is 7. The summed E-state index contributed by atoms with van der Waals surface area (Å²) < 4.78 is 44.9. The van der Waals surface area contributed by atoms with E-state index < -0.39 is 28.5 Å². The van der Waals surface area contributed by atoms with Gasteiger partial charge in [-0.05, 0) is 41.3 Å². The third-order valence-electron chi connectivity index (χ3n) is 6.69. The van der Waals surface area contributed by atoms with Crippen molar-refractivity contribution in [3.8, 4) is 11.5 Å². The molecule has 0 aliphatic rings. The number of carbonyl (C=O) groups excluding carboxylic acids is 2. The van der Waals surface area contributed by atoms with Gasteiger partial charge in [0.2, 0.25) is 0 Å². The number of anilines is 1. The summed E-state index contributed by atoms with van der Waals surface area (Å²) >= 11 is 0. The third kappa shape index (κ3) is 6.52. The fraction of sp³-hybridized carbons (Fsp3) is 0.250. The van der Waals surface area contributed by atoms with Crippen LogP contribution in [0.3, 0.4) is 0 Å². The molecule has 0 saturated heterocycles. The molecule has 4 rings (SSSR count). The lowest BCUT2D eigenvalue weighted by atomic mass is 9.87. The van der Waals surface area contributed by atoms with Crippen molar-refractivity contribution in [3.05, 3.63) is 96.1 Å². The van der Waals surface area contributed by atoms with Crippen molar-refractivity contribution in [1.82, 2.24) is 0 Å². The van der Waals surface area contributed by atoms with E-state index in [1.54, 1.807) is 78.9 Å². The van der Waals surface area contributed by atoms with E-state index in [1.807, 2.05) is 26.8 Å². The van der Waals surface area contributed by atoms with Gasteiger partial charge in [0.1, 0.15) is 18.0 Å². The molecule has 0 unspecified atom stereocenters. The maximum atomic E-state index is 14.0. The van der Waals surface area contributed by atoms with Crippen LogP contribution in [0.2, 0.25) is 0 Å². The highest BCUT2D eigenvalue weighted by molar-refractivity contribution is 7.92. The Morgan fingerprint density at radius 2 is 1.34 bits per heavy atom. The minimum absolute atomic E-state index is 0.0296. The Morgan fingerprint density at radius 1 is 0.732 bits per heavy atom. The molecule has 0 spiro atoms. The van der Waals surface area contributed by atoms with E-state index in [4.69, 9.17) is 14.2 Å². The highest BCUT2D eigenvalue weighted by Gasteiger charge is 2.30. The lowest BCUT2D eigenvalue weighted by Crippen LogP contribution is -2.36. The number of carbonyl (C=O) groups is 2. The molecule has 0 aliphatic heterocycles. The number of esters is 2. The van der Waals surface area contributed by atoms with Gasteiger partial charge < -0.3 is 14.2 Å². The Bertz CT molecular complexity index is 1670. The fourth-order valence-electron chi connectivity index (χ4n) is 4.39. The Labute approximate surface area is 240 Å². The first-order valence-electron chi connectivity index (χ1n) is 13.0. The first-order valence-corrected chi connectivity index (χ1v) is 14.4. The van der Waals surface area contributed by atoms with Crippen LogP contribution in [0.4, 0.5) is 5.69 Å². The van der Waals surface area contributed by atoms with Crippen molar-refractivity contribution < 1.29 is 32.2 Å².